The third-order valence-corrected chi connectivity index (χ3v) is 2.11. The number of nitrogens with one attached hydrogen (secondary N) is 1. The summed E-state index contributed by atoms with van der Waals surface area (Å²) in [4.78, 5) is 10.9. The number of para-hydroxylation sites is 1. The highest BCUT2D eigenvalue weighted by Gasteiger charge is 2.10. The maximum Gasteiger partial charge on any atom is 0.337 e. The van der Waals surface area contributed by atoms with E-state index in [1.807, 2.05) is 13.0 Å². The summed E-state index contributed by atoms with van der Waals surface area (Å²) in [5.41, 5.74) is 1.89. The number of aryl methyl sites for hydroxylation is 1. The average Bonchev–Trinajstić information content (AvgIpc) is 2.20. The second-order valence-corrected chi connectivity index (χ2v) is 3.22. The molecule has 4 heteroatoms. The molecule has 2 N–H and O–H groups in total. The van der Waals surface area contributed by atoms with Crippen LogP contribution in [0, 0.1) is 6.92 Å². The summed E-state index contributed by atoms with van der Waals surface area (Å²) in [5.74, 6) is -0.918. The summed E-state index contributed by atoms with van der Waals surface area (Å²) in [6.45, 7) is 3.02. The molecule has 0 unspecified atom stereocenters. The van der Waals surface area contributed by atoms with E-state index in [0.29, 0.717) is 24.4 Å². The van der Waals surface area contributed by atoms with Gasteiger partial charge in [-0.05, 0) is 18.6 Å². The third kappa shape index (κ3) is 2.95. The van der Waals surface area contributed by atoms with Crippen molar-refractivity contribution in [3.8, 4) is 0 Å². The first-order valence-electron chi connectivity index (χ1n) is 4.72. The molecule has 1 rings (SSSR count). The summed E-state index contributed by atoms with van der Waals surface area (Å²) in [6, 6.07) is 5.20. The Morgan fingerprint density at radius 3 is 2.87 bits per heavy atom. The zero-order valence-electron chi connectivity index (χ0n) is 8.91. The lowest BCUT2D eigenvalue weighted by Gasteiger charge is -2.11. The molecule has 0 radical (unpaired) electrons. The highest BCUT2D eigenvalue weighted by atomic mass is 16.5. The van der Waals surface area contributed by atoms with Crippen LogP contribution in [-0.2, 0) is 4.74 Å². The zero-order chi connectivity index (χ0) is 11.3. The van der Waals surface area contributed by atoms with E-state index in [4.69, 9.17) is 9.84 Å². The predicted molar refractivity (Wildman–Crippen MR) is 58.5 cm³/mol. The van der Waals surface area contributed by atoms with Crippen LogP contribution in [0.5, 0.6) is 0 Å². The van der Waals surface area contributed by atoms with Gasteiger partial charge in [-0.2, -0.15) is 0 Å². The normalized spacial score (nSPS) is 10.0. The minimum Gasteiger partial charge on any atom is -0.478 e. The van der Waals surface area contributed by atoms with Gasteiger partial charge >= 0.3 is 5.97 Å². The predicted octanol–water partition coefficient (Wildman–Crippen LogP) is 1.75. The van der Waals surface area contributed by atoms with Gasteiger partial charge in [-0.3, -0.25) is 0 Å². The highest BCUT2D eigenvalue weighted by molar-refractivity contribution is 5.95. The summed E-state index contributed by atoms with van der Waals surface area (Å²) < 4.78 is 4.89. The fourth-order valence-corrected chi connectivity index (χ4v) is 1.36. The van der Waals surface area contributed by atoms with Crippen molar-refractivity contribution < 1.29 is 14.6 Å². The van der Waals surface area contributed by atoms with Crippen LogP contribution in [0.25, 0.3) is 0 Å². The molecule has 0 heterocycles. The molecule has 1 aromatic rings. The molecular weight excluding hydrogens is 194 g/mol. The molecule has 0 saturated heterocycles. The second-order valence-electron chi connectivity index (χ2n) is 3.22. The number of carboxylic acids is 1. The largest absolute Gasteiger partial charge is 0.478 e. The monoisotopic (exact) mass is 209 g/mol. The molecule has 0 aliphatic heterocycles. The number of carbonyl (C=O) groups is 1. The average molecular weight is 209 g/mol. The second kappa shape index (κ2) is 5.36. The summed E-state index contributed by atoms with van der Waals surface area (Å²) in [7, 11) is 1.61. The lowest BCUT2D eigenvalue weighted by molar-refractivity contribution is 0.0698. The van der Waals surface area contributed by atoms with Crippen molar-refractivity contribution in [2.24, 2.45) is 0 Å². The molecule has 0 spiro atoms. The molecule has 1 aromatic carbocycles. The van der Waals surface area contributed by atoms with E-state index in [0.717, 1.165) is 5.56 Å². The number of methoxy groups -OCH3 is 1. The first kappa shape index (κ1) is 11.5. The minimum atomic E-state index is -0.918. The molecule has 0 aliphatic rings. The lowest BCUT2D eigenvalue weighted by Crippen LogP contribution is -2.12. The Kier molecular flexibility index (Phi) is 4.12. The van der Waals surface area contributed by atoms with Gasteiger partial charge in [0.1, 0.15) is 0 Å². The van der Waals surface area contributed by atoms with Crippen molar-refractivity contribution in [3.05, 3.63) is 29.3 Å². The van der Waals surface area contributed by atoms with Crippen molar-refractivity contribution >= 4 is 11.7 Å². The Hall–Kier alpha value is -1.55. The van der Waals surface area contributed by atoms with Crippen LogP contribution in [0.1, 0.15) is 15.9 Å². The minimum absolute atomic E-state index is 0.297. The van der Waals surface area contributed by atoms with Crippen LogP contribution in [0.4, 0.5) is 5.69 Å². The fourth-order valence-electron chi connectivity index (χ4n) is 1.36. The van der Waals surface area contributed by atoms with Gasteiger partial charge in [0, 0.05) is 13.7 Å². The molecule has 0 atom stereocenters. The van der Waals surface area contributed by atoms with E-state index in [1.165, 1.54) is 0 Å². The topological polar surface area (TPSA) is 58.6 Å². The van der Waals surface area contributed by atoms with Gasteiger partial charge in [0.05, 0.1) is 17.9 Å². The molecule has 0 aliphatic carbocycles. The van der Waals surface area contributed by atoms with Crippen molar-refractivity contribution in [3.63, 3.8) is 0 Å². The van der Waals surface area contributed by atoms with Crippen molar-refractivity contribution in [1.29, 1.82) is 0 Å². The van der Waals surface area contributed by atoms with E-state index in [1.54, 1.807) is 19.2 Å². The van der Waals surface area contributed by atoms with Gasteiger partial charge < -0.3 is 15.2 Å². The van der Waals surface area contributed by atoms with Crippen molar-refractivity contribution in [2.75, 3.05) is 25.6 Å². The summed E-state index contributed by atoms with van der Waals surface area (Å²) >= 11 is 0. The first-order valence-corrected chi connectivity index (χ1v) is 4.72. The van der Waals surface area contributed by atoms with E-state index < -0.39 is 5.97 Å². The highest BCUT2D eigenvalue weighted by Crippen LogP contribution is 2.20. The number of carboxylic acid groups (broad SMARTS) is 1. The maximum atomic E-state index is 10.9. The standard InChI is InChI=1S/C11H15NO3/c1-8-4-3-5-9(11(13)14)10(8)12-6-7-15-2/h3-5,12H,6-7H2,1-2H3,(H,13,14). The number of ether oxygens (including phenoxy) is 1. The van der Waals surface area contributed by atoms with Gasteiger partial charge in [-0.15, -0.1) is 0 Å². The third-order valence-electron chi connectivity index (χ3n) is 2.11. The molecule has 15 heavy (non-hydrogen) atoms. The molecule has 0 saturated carbocycles. The van der Waals surface area contributed by atoms with E-state index in [9.17, 15) is 4.79 Å². The Bertz CT molecular complexity index is 350. The van der Waals surface area contributed by atoms with Crippen LogP contribution in [0.2, 0.25) is 0 Å². The van der Waals surface area contributed by atoms with Crippen LogP contribution in [0.15, 0.2) is 18.2 Å². The number of rotatable bonds is 5. The number of hydrogen-bond acceptors (Lipinski definition) is 3. The number of aromatic carboxylic acids is 1. The Labute approximate surface area is 88.9 Å². The Balaban J connectivity index is 2.87. The summed E-state index contributed by atoms with van der Waals surface area (Å²) in [5, 5.41) is 12.0. The number of hydrogen-bond donors (Lipinski definition) is 2. The summed E-state index contributed by atoms with van der Waals surface area (Å²) in [6.07, 6.45) is 0. The fraction of sp³-hybridized carbons (Fsp3) is 0.364. The zero-order valence-corrected chi connectivity index (χ0v) is 8.91. The SMILES string of the molecule is COCCNc1c(C)cccc1C(=O)O. The molecule has 0 fully saturated rings. The van der Waals surface area contributed by atoms with E-state index >= 15 is 0 Å². The molecule has 0 aromatic heterocycles. The maximum absolute atomic E-state index is 10.9. The molecule has 0 amide bonds. The molecule has 0 bridgehead atoms. The lowest BCUT2D eigenvalue weighted by atomic mass is 10.1. The Morgan fingerprint density at radius 2 is 2.27 bits per heavy atom. The van der Waals surface area contributed by atoms with E-state index in [-0.39, 0.29) is 0 Å². The number of anilines is 1. The molecular formula is C11H15NO3. The van der Waals surface area contributed by atoms with Crippen LogP contribution >= 0.6 is 0 Å². The molecule has 82 valence electrons. The van der Waals surface area contributed by atoms with Gasteiger partial charge in [-0.1, -0.05) is 12.1 Å². The first-order chi connectivity index (χ1) is 7.16. The quantitative estimate of drug-likeness (QED) is 0.725. The molecule has 4 nitrogen and oxygen atoms in total. The van der Waals surface area contributed by atoms with Crippen LogP contribution < -0.4 is 5.32 Å². The van der Waals surface area contributed by atoms with Crippen LogP contribution in [0.3, 0.4) is 0 Å². The smallest absolute Gasteiger partial charge is 0.337 e. The van der Waals surface area contributed by atoms with Crippen molar-refractivity contribution in [1.82, 2.24) is 0 Å². The Morgan fingerprint density at radius 1 is 1.53 bits per heavy atom. The van der Waals surface area contributed by atoms with E-state index in [2.05, 4.69) is 5.32 Å². The van der Waals surface area contributed by atoms with Gasteiger partial charge in [0.2, 0.25) is 0 Å². The van der Waals surface area contributed by atoms with Crippen LogP contribution in [-0.4, -0.2) is 31.3 Å². The number of benzene rings is 1. The van der Waals surface area contributed by atoms with Crippen molar-refractivity contribution in [2.45, 2.75) is 6.92 Å². The van der Waals surface area contributed by atoms with Gasteiger partial charge in [0.25, 0.3) is 0 Å². The van der Waals surface area contributed by atoms with Gasteiger partial charge in [-0.25, -0.2) is 4.79 Å². The van der Waals surface area contributed by atoms with Gasteiger partial charge in [0.15, 0.2) is 0 Å².